The molecule has 5 heterocycles. The number of rotatable bonds is 3. The first kappa shape index (κ1) is 26.9. The number of nitrogens with zero attached hydrogens (tertiary/aromatic N) is 4. The fraction of sp³-hybridized carbons (Fsp3) is 0. The molecule has 0 spiro atoms. The van der Waals surface area contributed by atoms with E-state index in [0.29, 0.717) is 11.7 Å². The molecule has 0 fully saturated rings. The van der Waals surface area contributed by atoms with Gasteiger partial charge in [0.15, 0.2) is 11.4 Å². The van der Waals surface area contributed by atoms with Gasteiger partial charge in [-0.05, 0) is 60.7 Å². The van der Waals surface area contributed by atoms with Crippen LogP contribution in [-0.2, 0) is 0 Å². The van der Waals surface area contributed by atoms with Crippen LogP contribution in [0.3, 0.4) is 0 Å². The summed E-state index contributed by atoms with van der Waals surface area (Å²) in [5, 5.41) is 7.58. The molecule has 12 aromatic rings. The maximum atomic E-state index is 6.65. The molecule has 12 rings (SSSR count). The second kappa shape index (κ2) is 9.77. The topological polar surface area (TPSA) is 69.4 Å². The second-order valence-electron chi connectivity index (χ2n) is 13.2. The first-order valence-electron chi connectivity index (χ1n) is 17.0. The third-order valence-electron chi connectivity index (χ3n) is 10.4. The molecular weight excluding hydrogens is 629 g/mol. The molecule has 5 aromatic heterocycles. The summed E-state index contributed by atoms with van der Waals surface area (Å²) in [6.07, 6.45) is 0. The Morgan fingerprint density at radius 1 is 0.451 bits per heavy atom. The Labute approximate surface area is 289 Å². The SMILES string of the molecule is c1ccc(-c2nc3cc4c5ccccc5n5c6ccc(-c7nc(-c8cccc9c8oc8ccccc89)c8ccccc8n7)cc6c(c3o2)c45)cc1. The third kappa shape index (κ3) is 3.63. The summed E-state index contributed by atoms with van der Waals surface area (Å²) in [4.78, 5) is 15.5. The highest BCUT2D eigenvalue weighted by Gasteiger charge is 2.24. The normalized spacial score (nSPS) is 12.3. The van der Waals surface area contributed by atoms with Gasteiger partial charge < -0.3 is 13.2 Å². The van der Waals surface area contributed by atoms with Crippen LogP contribution in [0.4, 0.5) is 0 Å². The van der Waals surface area contributed by atoms with Crippen LogP contribution in [0.2, 0.25) is 0 Å². The van der Waals surface area contributed by atoms with Crippen LogP contribution in [0.5, 0.6) is 0 Å². The van der Waals surface area contributed by atoms with Crippen molar-refractivity contribution in [2.24, 2.45) is 0 Å². The minimum absolute atomic E-state index is 0.609. The van der Waals surface area contributed by atoms with Crippen molar-refractivity contribution in [1.82, 2.24) is 19.4 Å². The van der Waals surface area contributed by atoms with Crippen molar-refractivity contribution in [1.29, 1.82) is 0 Å². The molecule has 51 heavy (non-hydrogen) atoms. The van der Waals surface area contributed by atoms with Crippen LogP contribution in [0, 0.1) is 0 Å². The molecule has 236 valence electrons. The third-order valence-corrected chi connectivity index (χ3v) is 10.4. The van der Waals surface area contributed by atoms with Crippen LogP contribution in [-0.4, -0.2) is 19.4 Å². The highest BCUT2D eigenvalue weighted by molar-refractivity contribution is 6.30. The Bertz CT molecular complexity index is 3370. The zero-order chi connectivity index (χ0) is 33.2. The highest BCUT2D eigenvalue weighted by Crippen LogP contribution is 2.45. The Balaban J connectivity index is 1.15. The van der Waals surface area contributed by atoms with Gasteiger partial charge in [0.05, 0.1) is 33.1 Å². The lowest BCUT2D eigenvalue weighted by Crippen LogP contribution is -1.95. The molecule has 7 aromatic carbocycles. The Hall–Kier alpha value is -7.05. The molecule has 0 amide bonds. The van der Waals surface area contributed by atoms with Crippen LogP contribution in [0.1, 0.15) is 0 Å². The molecule has 0 bridgehead atoms. The quantitative estimate of drug-likeness (QED) is 0.190. The van der Waals surface area contributed by atoms with Gasteiger partial charge in [-0.2, -0.15) is 0 Å². The predicted molar refractivity (Wildman–Crippen MR) is 205 cm³/mol. The van der Waals surface area contributed by atoms with Crippen molar-refractivity contribution in [3.05, 3.63) is 146 Å². The lowest BCUT2D eigenvalue weighted by Gasteiger charge is -2.10. The average Bonchev–Trinajstić information content (AvgIpc) is 3.95. The van der Waals surface area contributed by atoms with Crippen molar-refractivity contribution >= 4 is 82.0 Å². The molecule has 0 aliphatic rings. The monoisotopic (exact) mass is 652 g/mol. The largest absolute Gasteiger partial charge is 0.455 e. The fourth-order valence-electron chi connectivity index (χ4n) is 8.13. The van der Waals surface area contributed by atoms with Crippen molar-refractivity contribution < 1.29 is 8.83 Å². The van der Waals surface area contributed by atoms with E-state index in [1.54, 1.807) is 0 Å². The van der Waals surface area contributed by atoms with Crippen molar-refractivity contribution in [2.45, 2.75) is 0 Å². The van der Waals surface area contributed by atoms with Gasteiger partial charge in [-0.15, -0.1) is 0 Å². The first-order valence-corrected chi connectivity index (χ1v) is 17.0. The molecule has 6 nitrogen and oxygen atoms in total. The molecule has 0 aliphatic carbocycles. The second-order valence-corrected chi connectivity index (χ2v) is 13.2. The molecular formula is C45H24N4O2. The van der Waals surface area contributed by atoms with E-state index in [1.807, 2.05) is 60.7 Å². The van der Waals surface area contributed by atoms with Gasteiger partial charge in [-0.3, -0.25) is 0 Å². The molecule has 0 saturated heterocycles. The Morgan fingerprint density at radius 2 is 1.22 bits per heavy atom. The van der Waals surface area contributed by atoms with Crippen LogP contribution >= 0.6 is 0 Å². The number of para-hydroxylation sites is 4. The van der Waals surface area contributed by atoms with E-state index in [0.717, 1.165) is 99.0 Å². The summed E-state index contributed by atoms with van der Waals surface area (Å²) in [6, 6.07) is 50.0. The van der Waals surface area contributed by atoms with E-state index in [-0.39, 0.29) is 0 Å². The summed E-state index contributed by atoms with van der Waals surface area (Å²) >= 11 is 0. The van der Waals surface area contributed by atoms with E-state index in [2.05, 4.69) is 89.3 Å². The summed E-state index contributed by atoms with van der Waals surface area (Å²) in [5.74, 6) is 1.25. The van der Waals surface area contributed by atoms with Gasteiger partial charge in [0.25, 0.3) is 0 Å². The van der Waals surface area contributed by atoms with E-state index < -0.39 is 0 Å². The average molecular weight is 653 g/mol. The number of oxazole rings is 1. The molecule has 0 aliphatic heterocycles. The number of hydrogen-bond donors (Lipinski definition) is 0. The lowest BCUT2D eigenvalue weighted by molar-refractivity contribution is 0.623. The van der Waals surface area contributed by atoms with Crippen LogP contribution in [0.25, 0.3) is 116 Å². The van der Waals surface area contributed by atoms with Gasteiger partial charge in [0.2, 0.25) is 5.89 Å². The van der Waals surface area contributed by atoms with Gasteiger partial charge in [-0.25, -0.2) is 15.0 Å². The van der Waals surface area contributed by atoms with Crippen molar-refractivity contribution in [3.8, 4) is 34.1 Å². The lowest BCUT2D eigenvalue weighted by atomic mass is 10.0. The fourth-order valence-corrected chi connectivity index (χ4v) is 8.13. The zero-order valence-corrected chi connectivity index (χ0v) is 27.0. The zero-order valence-electron chi connectivity index (χ0n) is 27.0. The van der Waals surface area contributed by atoms with E-state index in [9.17, 15) is 0 Å². The van der Waals surface area contributed by atoms with E-state index in [1.165, 1.54) is 5.39 Å². The van der Waals surface area contributed by atoms with Crippen LogP contribution < -0.4 is 0 Å². The van der Waals surface area contributed by atoms with Gasteiger partial charge in [0.1, 0.15) is 16.7 Å². The number of hydrogen-bond acceptors (Lipinski definition) is 5. The molecule has 0 saturated carbocycles. The summed E-state index contributed by atoms with van der Waals surface area (Å²) in [5.41, 5.74) is 11.2. The summed E-state index contributed by atoms with van der Waals surface area (Å²) in [6.45, 7) is 0. The van der Waals surface area contributed by atoms with Crippen molar-refractivity contribution in [2.75, 3.05) is 0 Å². The summed E-state index contributed by atoms with van der Waals surface area (Å²) < 4.78 is 15.5. The van der Waals surface area contributed by atoms with Crippen LogP contribution in [0.15, 0.2) is 154 Å². The molecule has 0 radical (unpaired) electrons. The van der Waals surface area contributed by atoms with Crippen molar-refractivity contribution in [3.63, 3.8) is 0 Å². The van der Waals surface area contributed by atoms with Gasteiger partial charge >= 0.3 is 0 Å². The standard InChI is InChI=1S/C45H24N4O2/c1-2-11-25(12-3-1)45-47-35-24-32-27-13-5-8-19-36(27)49-37-22-21-26(23-33(37)39(41(32)49)43(35)51-45)44-46-34-18-7-4-15-30(34)40(48-44)31-17-10-16-29-28-14-6-9-20-38(28)50-42(29)31/h1-24H. The smallest absolute Gasteiger partial charge is 0.227 e. The summed E-state index contributed by atoms with van der Waals surface area (Å²) in [7, 11) is 0. The molecule has 0 N–H and O–H groups in total. The minimum atomic E-state index is 0.609. The number of fused-ring (bicyclic) bond motifs is 12. The van der Waals surface area contributed by atoms with E-state index in [4.69, 9.17) is 23.8 Å². The molecule has 0 unspecified atom stereocenters. The molecule has 6 heteroatoms. The number of furan rings is 1. The number of aromatic nitrogens is 4. The van der Waals surface area contributed by atoms with Gasteiger partial charge in [-0.1, -0.05) is 84.9 Å². The predicted octanol–water partition coefficient (Wildman–Crippen LogP) is 11.8. The Kier molecular flexibility index (Phi) is 5.14. The highest BCUT2D eigenvalue weighted by atomic mass is 16.3. The van der Waals surface area contributed by atoms with Gasteiger partial charge in [0, 0.05) is 49.0 Å². The maximum Gasteiger partial charge on any atom is 0.227 e. The first-order chi connectivity index (χ1) is 25.3. The molecule has 0 atom stereocenters. The Morgan fingerprint density at radius 3 is 2.14 bits per heavy atom. The number of benzene rings is 7. The minimum Gasteiger partial charge on any atom is -0.455 e. The maximum absolute atomic E-state index is 6.65. The van der Waals surface area contributed by atoms with E-state index >= 15 is 0 Å².